The van der Waals surface area contributed by atoms with Gasteiger partial charge in [-0.1, -0.05) is 37.7 Å². The predicted octanol–water partition coefficient (Wildman–Crippen LogP) is 4.38. The van der Waals surface area contributed by atoms with Crippen molar-refractivity contribution in [3.63, 3.8) is 0 Å². The average molecular weight is 441 g/mol. The van der Waals surface area contributed by atoms with Gasteiger partial charge in [-0.15, -0.1) is 0 Å². The van der Waals surface area contributed by atoms with Crippen molar-refractivity contribution < 1.29 is 9.72 Å². The number of Topliss-reactive ketones (excluding diaryl/α,β-unsaturated/α-hetero) is 1. The van der Waals surface area contributed by atoms with E-state index in [0.717, 1.165) is 24.3 Å². The maximum Gasteiger partial charge on any atom is 0.269 e. The molecule has 0 saturated heterocycles. The van der Waals surface area contributed by atoms with Crippen molar-refractivity contribution in [2.45, 2.75) is 50.6 Å². The molecule has 0 saturated carbocycles. The van der Waals surface area contributed by atoms with Crippen LogP contribution in [0.1, 0.15) is 56.6 Å². The minimum absolute atomic E-state index is 0.0364. The summed E-state index contributed by atoms with van der Waals surface area (Å²) in [5.74, 6) is 1.10. The standard InChI is InChI=1S/C22H24N4O4S/c1-12(2)9-10-31-22-24-20-19(21(28)25-22)17(13-5-3-6-14(11-13)26(29)30)18-15(23-20)7-4-8-16(18)27/h3,5-6,11-12,17H,4,7-10H2,1-2H3,(H2,23,24,25,28)/t17-/m1/s1. The molecule has 1 aliphatic heterocycles. The topological polar surface area (TPSA) is 118 Å². The van der Waals surface area contributed by atoms with Crippen LogP contribution in [0, 0.1) is 16.0 Å². The minimum Gasteiger partial charge on any atom is -0.343 e. The van der Waals surface area contributed by atoms with Crippen molar-refractivity contribution >= 4 is 29.1 Å². The summed E-state index contributed by atoms with van der Waals surface area (Å²) in [5, 5.41) is 15.1. The van der Waals surface area contributed by atoms with E-state index in [4.69, 9.17) is 0 Å². The fourth-order valence-electron chi connectivity index (χ4n) is 4.05. The van der Waals surface area contributed by atoms with E-state index < -0.39 is 10.8 Å². The van der Waals surface area contributed by atoms with Gasteiger partial charge in [0.1, 0.15) is 5.82 Å². The molecular weight excluding hydrogens is 416 g/mol. The van der Waals surface area contributed by atoms with Gasteiger partial charge in [-0.2, -0.15) is 0 Å². The molecule has 0 fully saturated rings. The second-order valence-electron chi connectivity index (χ2n) is 8.24. The van der Waals surface area contributed by atoms with Gasteiger partial charge in [0.05, 0.1) is 10.5 Å². The third kappa shape index (κ3) is 4.27. The number of carbonyl (C=O) groups excluding carboxylic acids is 1. The Labute approximate surface area is 183 Å². The van der Waals surface area contributed by atoms with E-state index in [1.165, 1.54) is 23.9 Å². The Morgan fingerprint density at radius 2 is 2.10 bits per heavy atom. The van der Waals surface area contributed by atoms with Gasteiger partial charge < -0.3 is 10.3 Å². The molecule has 0 spiro atoms. The van der Waals surface area contributed by atoms with Crippen LogP contribution in [0.25, 0.3) is 0 Å². The van der Waals surface area contributed by atoms with Gasteiger partial charge in [-0.25, -0.2) is 4.98 Å². The molecule has 1 aliphatic carbocycles. The second kappa shape index (κ2) is 8.66. The number of benzene rings is 1. The number of nitrogens with zero attached hydrogens (tertiary/aromatic N) is 2. The zero-order valence-corrected chi connectivity index (χ0v) is 18.3. The van der Waals surface area contributed by atoms with E-state index >= 15 is 0 Å². The molecule has 2 N–H and O–H groups in total. The van der Waals surface area contributed by atoms with Crippen LogP contribution in [0.15, 0.2) is 45.5 Å². The van der Waals surface area contributed by atoms with Crippen LogP contribution in [0.5, 0.6) is 0 Å². The summed E-state index contributed by atoms with van der Waals surface area (Å²) in [4.78, 5) is 44.3. The first-order valence-corrected chi connectivity index (χ1v) is 11.4. The van der Waals surface area contributed by atoms with Crippen LogP contribution >= 0.6 is 11.8 Å². The molecule has 1 atom stereocenters. The summed E-state index contributed by atoms with van der Waals surface area (Å²) in [5.41, 5.74) is 1.76. The lowest BCUT2D eigenvalue weighted by Gasteiger charge is -2.32. The van der Waals surface area contributed by atoms with Crippen molar-refractivity contribution in [1.82, 2.24) is 9.97 Å². The van der Waals surface area contributed by atoms with Crippen LogP contribution in [0.3, 0.4) is 0 Å². The number of nitrogens with one attached hydrogen (secondary N) is 2. The number of H-pyrrole nitrogens is 1. The third-order valence-electron chi connectivity index (χ3n) is 5.58. The van der Waals surface area contributed by atoms with Crippen molar-refractivity contribution in [3.05, 3.63) is 67.1 Å². The number of hydrogen-bond acceptors (Lipinski definition) is 7. The lowest BCUT2D eigenvalue weighted by atomic mass is 9.76. The highest BCUT2D eigenvalue weighted by Gasteiger charge is 2.38. The summed E-state index contributed by atoms with van der Waals surface area (Å²) in [6, 6.07) is 6.15. The Kier molecular flexibility index (Phi) is 5.95. The van der Waals surface area contributed by atoms with E-state index in [1.807, 2.05) is 0 Å². The van der Waals surface area contributed by atoms with Gasteiger partial charge in [-0.3, -0.25) is 19.7 Å². The number of non-ortho nitro benzene ring substituents is 1. The largest absolute Gasteiger partial charge is 0.343 e. The highest BCUT2D eigenvalue weighted by molar-refractivity contribution is 7.99. The lowest BCUT2D eigenvalue weighted by molar-refractivity contribution is -0.384. The fraction of sp³-hybridized carbons (Fsp3) is 0.409. The quantitative estimate of drug-likeness (QED) is 0.296. The Hall–Kier alpha value is -2.94. The molecule has 0 amide bonds. The molecule has 0 radical (unpaired) electrons. The maximum absolute atomic E-state index is 13.1. The number of fused-ring (bicyclic) bond motifs is 1. The molecule has 0 unspecified atom stereocenters. The zero-order chi connectivity index (χ0) is 22.1. The Balaban J connectivity index is 1.82. The fourth-order valence-corrected chi connectivity index (χ4v) is 5.15. The summed E-state index contributed by atoms with van der Waals surface area (Å²) < 4.78 is 0. The number of aromatic nitrogens is 2. The first-order chi connectivity index (χ1) is 14.8. The highest BCUT2D eigenvalue weighted by atomic mass is 32.2. The number of thioether (sulfide) groups is 1. The van der Waals surface area contributed by atoms with E-state index in [2.05, 4.69) is 29.1 Å². The van der Waals surface area contributed by atoms with Crippen LogP contribution in [0.4, 0.5) is 11.5 Å². The molecule has 2 aliphatic rings. The number of ketones is 1. The first kappa shape index (κ1) is 21.3. The molecule has 8 nitrogen and oxygen atoms in total. The molecule has 31 heavy (non-hydrogen) atoms. The molecule has 4 rings (SSSR count). The van der Waals surface area contributed by atoms with Crippen LogP contribution in [-0.2, 0) is 4.79 Å². The summed E-state index contributed by atoms with van der Waals surface area (Å²) in [6.45, 7) is 4.28. The number of carbonyl (C=O) groups is 1. The minimum atomic E-state index is -0.676. The number of rotatable bonds is 6. The van der Waals surface area contributed by atoms with Crippen molar-refractivity contribution in [2.24, 2.45) is 5.92 Å². The molecule has 0 bridgehead atoms. The van der Waals surface area contributed by atoms with Crippen molar-refractivity contribution in [1.29, 1.82) is 0 Å². The van der Waals surface area contributed by atoms with Gasteiger partial charge in [0.15, 0.2) is 10.9 Å². The van der Waals surface area contributed by atoms with E-state index in [9.17, 15) is 19.7 Å². The number of aromatic amines is 1. The van der Waals surface area contributed by atoms with Crippen LogP contribution < -0.4 is 10.9 Å². The van der Waals surface area contributed by atoms with Gasteiger partial charge in [0.2, 0.25) is 0 Å². The summed E-state index contributed by atoms with van der Waals surface area (Å²) >= 11 is 1.49. The number of nitro groups is 1. The van der Waals surface area contributed by atoms with Gasteiger partial charge in [-0.05, 0) is 30.7 Å². The number of hydrogen-bond donors (Lipinski definition) is 2. The van der Waals surface area contributed by atoms with Crippen molar-refractivity contribution in [3.8, 4) is 0 Å². The van der Waals surface area contributed by atoms with Gasteiger partial charge in [0, 0.05) is 41.5 Å². The normalized spacial score (nSPS) is 17.9. The number of anilines is 1. The van der Waals surface area contributed by atoms with E-state index in [-0.39, 0.29) is 17.0 Å². The van der Waals surface area contributed by atoms with Gasteiger partial charge in [0.25, 0.3) is 11.2 Å². The predicted molar refractivity (Wildman–Crippen MR) is 119 cm³/mol. The number of allylic oxidation sites excluding steroid dienone is 2. The average Bonchev–Trinajstić information content (AvgIpc) is 2.72. The number of nitro benzene ring substituents is 1. The molecule has 1 aromatic carbocycles. The Bertz CT molecular complexity index is 1140. The van der Waals surface area contributed by atoms with E-state index in [0.29, 0.717) is 46.4 Å². The molecule has 2 aromatic rings. The molecule has 162 valence electrons. The molecule has 2 heterocycles. The smallest absolute Gasteiger partial charge is 0.269 e. The summed E-state index contributed by atoms with van der Waals surface area (Å²) in [7, 11) is 0. The van der Waals surface area contributed by atoms with E-state index in [1.54, 1.807) is 12.1 Å². The van der Waals surface area contributed by atoms with Crippen LogP contribution in [-0.4, -0.2) is 26.4 Å². The lowest BCUT2D eigenvalue weighted by Crippen LogP contribution is -2.32. The first-order valence-electron chi connectivity index (χ1n) is 10.4. The molecule has 1 aromatic heterocycles. The monoisotopic (exact) mass is 440 g/mol. The molecule has 9 heteroatoms. The third-order valence-corrected chi connectivity index (χ3v) is 6.49. The second-order valence-corrected chi connectivity index (χ2v) is 9.33. The van der Waals surface area contributed by atoms with Crippen LogP contribution in [0.2, 0.25) is 0 Å². The maximum atomic E-state index is 13.1. The van der Waals surface area contributed by atoms with Crippen molar-refractivity contribution in [2.75, 3.05) is 11.1 Å². The van der Waals surface area contributed by atoms with Gasteiger partial charge >= 0.3 is 0 Å². The SMILES string of the molecule is CC(C)CCSc1nc2c(c(=O)[nH]1)[C@H](c1cccc([N+](=O)[O-])c1)C1=C(CCCC1=O)N2. The highest BCUT2D eigenvalue weighted by Crippen LogP contribution is 2.44. The Morgan fingerprint density at radius 1 is 1.29 bits per heavy atom. The Morgan fingerprint density at radius 3 is 2.84 bits per heavy atom. The molecular formula is C22H24N4O4S. The summed E-state index contributed by atoms with van der Waals surface area (Å²) in [6.07, 6.45) is 2.80. The zero-order valence-electron chi connectivity index (χ0n) is 17.4.